The molecule has 1 heterocycles. The molecule has 1 aliphatic rings. The summed E-state index contributed by atoms with van der Waals surface area (Å²) in [6.45, 7) is 5.45. The van der Waals surface area contributed by atoms with Crippen molar-refractivity contribution in [3.05, 3.63) is 84.9 Å². The summed E-state index contributed by atoms with van der Waals surface area (Å²) in [5.41, 5.74) is 0. The Balaban J connectivity index is 1.00. The van der Waals surface area contributed by atoms with Crippen molar-refractivity contribution in [1.82, 2.24) is 9.80 Å². The fourth-order valence-corrected chi connectivity index (χ4v) is 5.03. The van der Waals surface area contributed by atoms with Gasteiger partial charge in [-0.05, 0) is 22.9 Å². The lowest BCUT2D eigenvalue weighted by molar-refractivity contribution is 0.0302. The van der Waals surface area contributed by atoms with Gasteiger partial charge in [0.2, 0.25) is 0 Å². The van der Waals surface area contributed by atoms with E-state index in [1.54, 1.807) is 0 Å². The first-order valence-corrected chi connectivity index (χ1v) is 13.2. The number of β-amino-alcohol motifs (C(OH)–C–C–N with tert-alkyl or cyclic N) is 2. The second-order valence-corrected chi connectivity index (χ2v) is 9.81. The molecule has 0 amide bonds. The Hall–Kier alpha value is -3.16. The SMILES string of the molecule is OC(CCOc1cccc2ccccc12)CN1CCN(CC(O)COc2cccc3ccccc23)CC1. The molecule has 4 aromatic rings. The third-order valence-electron chi connectivity index (χ3n) is 7.04. The van der Waals surface area contributed by atoms with Gasteiger partial charge in [0.15, 0.2) is 0 Å². The lowest BCUT2D eigenvalue weighted by atomic mass is 10.1. The van der Waals surface area contributed by atoms with Crippen LogP contribution in [0.4, 0.5) is 0 Å². The quantitative estimate of drug-likeness (QED) is 0.322. The highest BCUT2D eigenvalue weighted by Gasteiger charge is 2.21. The zero-order chi connectivity index (χ0) is 25.5. The predicted molar refractivity (Wildman–Crippen MR) is 148 cm³/mol. The number of hydrogen-bond donors (Lipinski definition) is 2. The summed E-state index contributed by atoms with van der Waals surface area (Å²) in [5.74, 6) is 1.67. The van der Waals surface area contributed by atoms with Gasteiger partial charge in [-0.3, -0.25) is 9.80 Å². The minimum atomic E-state index is -0.553. The third-order valence-corrected chi connectivity index (χ3v) is 7.04. The maximum absolute atomic E-state index is 10.6. The normalized spacial score (nSPS) is 16.6. The highest BCUT2D eigenvalue weighted by molar-refractivity contribution is 5.88. The molecule has 2 atom stereocenters. The van der Waals surface area contributed by atoms with E-state index in [2.05, 4.69) is 40.1 Å². The number of piperazine rings is 1. The van der Waals surface area contributed by atoms with Crippen molar-refractivity contribution in [1.29, 1.82) is 0 Å². The van der Waals surface area contributed by atoms with Crippen LogP contribution in [0.3, 0.4) is 0 Å². The number of nitrogens with zero attached hydrogens (tertiary/aromatic N) is 2. The van der Waals surface area contributed by atoms with Crippen molar-refractivity contribution < 1.29 is 19.7 Å². The molecule has 0 spiro atoms. The summed E-state index contributed by atoms with van der Waals surface area (Å²) >= 11 is 0. The molecule has 2 N–H and O–H groups in total. The van der Waals surface area contributed by atoms with Crippen LogP contribution in [0.1, 0.15) is 6.42 Å². The van der Waals surface area contributed by atoms with Crippen molar-refractivity contribution in [2.24, 2.45) is 0 Å². The van der Waals surface area contributed by atoms with E-state index >= 15 is 0 Å². The van der Waals surface area contributed by atoms with Gasteiger partial charge < -0.3 is 19.7 Å². The molecular formula is C31H36N2O4. The van der Waals surface area contributed by atoms with E-state index in [-0.39, 0.29) is 6.61 Å². The molecule has 0 radical (unpaired) electrons. The number of fused-ring (bicyclic) bond motifs is 2. The summed E-state index contributed by atoms with van der Waals surface area (Å²) in [7, 11) is 0. The van der Waals surface area contributed by atoms with Crippen LogP contribution < -0.4 is 9.47 Å². The fraction of sp³-hybridized carbons (Fsp3) is 0.355. The number of hydrogen-bond acceptors (Lipinski definition) is 6. The molecule has 4 aromatic carbocycles. The van der Waals surface area contributed by atoms with Gasteiger partial charge in [0.25, 0.3) is 0 Å². The van der Waals surface area contributed by atoms with Crippen molar-refractivity contribution >= 4 is 21.5 Å². The summed E-state index contributed by atoms with van der Waals surface area (Å²) in [6, 6.07) is 28.3. The molecule has 0 saturated carbocycles. The van der Waals surface area contributed by atoms with E-state index in [9.17, 15) is 10.2 Å². The minimum Gasteiger partial charge on any atom is -0.493 e. The number of aliphatic hydroxyl groups is 2. The summed E-state index contributed by atoms with van der Waals surface area (Å²) < 4.78 is 11.9. The fourth-order valence-electron chi connectivity index (χ4n) is 5.03. The maximum Gasteiger partial charge on any atom is 0.127 e. The van der Waals surface area contributed by atoms with Crippen molar-refractivity contribution in [2.75, 3.05) is 52.5 Å². The second-order valence-electron chi connectivity index (χ2n) is 9.81. The van der Waals surface area contributed by atoms with E-state index in [0.29, 0.717) is 26.1 Å². The maximum atomic E-state index is 10.6. The summed E-state index contributed by atoms with van der Waals surface area (Å²) in [5, 5.41) is 25.6. The second kappa shape index (κ2) is 12.4. The Bertz CT molecular complexity index is 1280. The first kappa shape index (κ1) is 25.5. The van der Waals surface area contributed by atoms with Crippen molar-refractivity contribution in [2.45, 2.75) is 18.6 Å². The Labute approximate surface area is 218 Å². The van der Waals surface area contributed by atoms with Crippen LogP contribution >= 0.6 is 0 Å². The highest BCUT2D eigenvalue weighted by atomic mass is 16.5. The van der Waals surface area contributed by atoms with Gasteiger partial charge >= 0.3 is 0 Å². The Morgan fingerprint density at radius 2 is 1.08 bits per heavy atom. The molecule has 1 fully saturated rings. The molecule has 5 rings (SSSR count). The lowest BCUT2D eigenvalue weighted by Gasteiger charge is -2.36. The molecule has 6 heteroatoms. The van der Waals surface area contributed by atoms with Crippen LogP contribution in [0.15, 0.2) is 84.9 Å². The van der Waals surface area contributed by atoms with E-state index < -0.39 is 12.2 Å². The predicted octanol–water partition coefficient (Wildman–Crippen LogP) is 4.18. The molecule has 1 saturated heterocycles. The monoisotopic (exact) mass is 500 g/mol. The number of aliphatic hydroxyl groups excluding tert-OH is 2. The van der Waals surface area contributed by atoms with Crippen LogP contribution in [-0.4, -0.2) is 84.7 Å². The van der Waals surface area contributed by atoms with Gasteiger partial charge in [0, 0.05) is 56.5 Å². The molecule has 0 aliphatic carbocycles. The average molecular weight is 501 g/mol. The zero-order valence-corrected chi connectivity index (χ0v) is 21.2. The van der Waals surface area contributed by atoms with Gasteiger partial charge in [-0.2, -0.15) is 0 Å². The molecule has 0 bridgehead atoms. The Morgan fingerprint density at radius 3 is 1.68 bits per heavy atom. The zero-order valence-electron chi connectivity index (χ0n) is 21.2. The number of benzene rings is 4. The topological polar surface area (TPSA) is 65.4 Å². The van der Waals surface area contributed by atoms with E-state index in [4.69, 9.17) is 9.47 Å². The first-order valence-electron chi connectivity index (χ1n) is 13.2. The standard InChI is InChI=1S/C31H36N2O4/c34-26(15-20-36-30-13-5-9-24-7-1-3-11-28(24)30)21-32-16-18-33(19-17-32)22-27(35)23-37-31-14-6-10-25-8-2-4-12-29(25)31/h1-14,26-27,34-35H,15-23H2. The van der Waals surface area contributed by atoms with Crippen LogP contribution in [0, 0.1) is 0 Å². The molecule has 37 heavy (non-hydrogen) atoms. The van der Waals surface area contributed by atoms with Crippen LogP contribution in [0.5, 0.6) is 11.5 Å². The van der Waals surface area contributed by atoms with E-state index in [1.807, 2.05) is 54.6 Å². The summed E-state index contributed by atoms with van der Waals surface area (Å²) in [4.78, 5) is 4.56. The van der Waals surface area contributed by atoms with E-state index in [0.717, 1.165) is 59.2 Å². The summed E-state index contributed by atoms with van der Waals surface area (Å²) in [6.07, 6.45) is -0.392. The smallest absolute Gasteiger partial charge is 0.127 e. The average Bonchev–Trinajstić information content (AvgIpc) is 2.93. The molecule has 194 valence electrons. The van der Waals surface area contributed by atoms with Crippen LogP contribution in [0.2, 0.25) is 0 Å². The van der Waals surface area contributed by atoms with E-state index in [1.165, 1.54) is 0 Å². The number of rotatable bonds is 11. The van der Waals surface area contributed by atoms with Crippen LogP contribution in [-0.2, 0) is 0 Å². The van der Waals surface area contributed by atoms with Gasteiger partial charge in [-0.1, -0.05) is 72.8 Å². The van der Waals surface area contributed by atoms with Crippen LogP contribution in [0.25, 0.3) is 21.5 Å². The van der Waals surface area contributed by atoms with Crippen molar-refractivity contribution in [3.8, 4) is 11.5 Å². The minimum absolute atomic E-state index is 0.267. The molecule has 1 aliphatic heterocycles. The Kier molecular flexibility index (Phi) is 8.53. The first-order chi connectivity index (χ1) is 18.2. The highest BCUT2D eigenvalue weighted by Crippen LogP contribution is 2.26. The van der Waals surface area contributed by atoms with Gasteiger partial charge in [-0.25, -0.2) is 0 Å². The molecule has 2 unspecified atom stereocenters. The van der Waals surface area contributed by atoms with Gasteiger partial charge in [-0.15, -0.1) is 0 Å². The number of ether oxygens (including phenoxy) is 2. The molecule has 0 aromatic heterocycles. The largest absolute Gasteiger partial charge is 0.493 e. The molecular weight excluding hydrogens is 464 g/mol. The van der Waals surface area contributed by atoms with Gasteiger partial charge in [0.1, 0.15) is 24.2 Å². The van der Waals surface area contributed by atoms with Crippen molar-refractivity contribution in [3.63, 3.8) is 0 Å². The third kappa shape index (κ3) is 6.79. The van der Waals surface area contributed by atoms with Gasteiger partial charge in [0.05, 0.1) is 12.7 Å². The lowest BCUT2D eigenvalue weighted by Crippen LogP contribution is -2.50. The molecule has 6 nitrogen and oxygen atoms in total. The Morgan fingerprint density at radius 1 is 0.595 bits per heavy atom.